The molecule has 0 unspecified atom stereocenters. The van der Waals surface area contributed by atoms with Crippen molar-refractivity contribution in [1.82, 2.24) is 0 Å². The quantitative estimate of drug-likeness (QED) is 0.701. The normalized spacial score (nSPS) is 12.3. The van der Waals surface area contributed by atoms with Crippen LogP contribution in [0.4, 0.5) is 26.3 Å². The summed E-state index contributed by atoms with van der Waals surface area (Å²) in [6, 6.07) is 1.85. The van der Waals surface area contributed by atoms with E-state index in [1.807, 2.05) is 0 Å². The van der Waals surface area contributed by atoms with E-state index in [0.29, 0.717) is 6.07 Å². The third-order valence-corrected chi connectivity index (χ3v) is 2.36. The highest BCUT2D eigenvalue weighted by molar-refractivity contribution is 5.47. The van der Waals surface area contributed by atoms with Crippen molar-refractivity contribution < 1.29 is 26.3 Å². The van der Waals surface area contributed by atoms with Crippen LogP contribution in [0.15, 0.2) is 12.1 Å². The van der Waals surface area contributed by atoms with Crippen LogP contribution in [0.25, 0.3) is 0 Å². The summed E-state index contributed by atoms with van der Waals surface area (Å²) >= 11 is 0. The molecule has 0 radical (unpaired) electrons. The maximum atomic E-state index is 12.6. The molecule has 0 spiro atoms. The summed E-state index contributed by atoms with van der Waals surface area (Å²) in [4.78, 5) is 0. The standard InChI is InChI=1S/C11H7F6N/c1-2-8-6(5-18)3-7(10(12,13)14)4-9(8)11(15,16)17/h3-4H,2H2,1H3. The number of nitrogens with zero attached hydrogens (tertiary/aromatic N) is 1. The predicted molar refractivity (Wildman–Crippen MR) is 50.5 cm³/mol. The van der Waals surface area contributed by atoms with Gasteiger partial charge in [0.25, 0.3) is 0 Å². The minimum absolute atomic E-state index is 0.0413. The lowest BCUT2D eigenvalue weighted by molar-refractivity contribution is -0.143. The average molecular weight is 267 g/mol. The molecule has 98 valence electrons. The molecule has 0 aliphatic rings. The van der Waals surface area contributed by atoms with Crippen LogP contribution >= 0.6 is 0 Å². The van der Waals surface area contributed by atoms with Crippen molar-refractivity contribution in [2.24, 2.45) is 0 Å². The maximum Gasteiger partial charge on any atom is 0.416 e. The monoisotopic (exact) mass is 267 g/mol. The Morgan fingerprint density at radius 2 is 1.61 bits per heavy atom. The second-order valence-electron chi connectivity index (χ2n) is 3.51. The van der Waals surface area contributed by atoms with Crippen molar-refractivity contribution in [2.75, 3.05) is 0 Å². The van der Waals surface area contributed by atoms with E-state index in [2.05, 4.69) is 0 Å². The molecule has 18 heavy (non-hydrogen) atoms. The fraction of sp³-hybridized carbons (Fsp3) is 0.364. The van der Waals surface area contributed by atoms with Gasteiger partial charge < -0.3 is 0 Å². The molecular weight excluding hydrogens is 260 g/mol. The summed E-state index contributed by atoms with van der Waals surface area (Å²) in [7, 11) is 0. The molecule has 0 heterocycles. The first-order chi connectivity index (χ1) is 8.11. The van der Waals surface area contributed by atoms with E-state index in [0.717, 1.165) is 0 Å². The van der Waals surface area contributed by atoms with E-state index < -0.39 is 34.6 Å². The van der Waals surface area contributed by atoms with Crippen LogP contribution in [0.1, 0.15) is 29.2 Å². The molecule has 0 aliphatic carbocycles. The van der Waals surface area contributed by atoms with Crippen molar-refractivity contribution in [3.63, 3.8) is 0 Å². The zero-order valence-corrected chi connectivity index (χ0v) is 9.08. The number of nitriles is 1. The summed E-state index contributed by atoms with van der Waals surface area (Å²) in [6.07, 6.45) is -10.0. The fourth-order valence-corrected chi connectivity index (χ4v) is 1.57. The first-order valence-electron chi connectivity index (χ1n) is 4.82. The topological polar surface area (TPSA) is 23.8 Å². The predicted octanol–water partition coefficient (Wildman–Crippen LogP) is 4.16. The van der Waals surface area contributed by atoms with Crippen LogP contribution in [0.2, 0.25) is 0 Å². The van der Waals surface area contributed by atoms with Crippen LogP contribution < -0.4 is 0 Å². The maximum absolute atomic E-state index is 12.6. The number of hydrogen-bond acceptors (Lipinski definition) is 1. The lowest BCUT2D eigenvalue weighted by atomic mass is 9.95. The van der Waals surface area contributed by atoms with Gasteiger partial charge in [-0.1, -0.05) is 6.92 Å². The van der Waals surface area contributed by atoms with Gasteiger partial charge in [0, 0.05) is 0 Å². The van der Waals surface area contributed by atoms with Crippen LogP contribution in [-0.4, -0.2) is 0 Å². The number of rotatable bonds is 1. The Morgan fingerprint density at radius 3 is 1.94 bits per heavy atom. The van der Waals surface area contributed by atoms with E-state index in [9.17, 15) is 26.3 Å². The second kappa shape index (κ2) is 4.52. The smallest absolute Gasteiger partial charge is 0.192 e. The molecule has 1 rings (SSSR count). The van der Waals surface area contributed by atoms with Crippen molar-refractivity contribution in [3.8, 4) is 6.07 Å². The van der Waals surface area contributed by atoms with Gasteiger partial charge in [-0.15, -0.1) is 0 Å². The van der Waals surface area contributed by atoms with Crippen LogP contribution in [0, 0.1) is 11.3 Å². The van der Waals surface area contributed by atoms with E-state index in [1.54, 1.807) is 0 Å². The van der Waals surface area contributed by atoms with E-state index >= 15 is 0 Å². The van der Waals surface area contributed by atoms with Gasteiger partial charge in [-0.2, -0.15) is 31.6 Å². The molecule has 0 saturated carbocycles. The van der Waals surface area contributed by atoms with Crippen molar-refractivity contribution in [3.05, 3.63) is 34.4 Å². The molecule has 1 aromatic carbocycles. The zero-order valence-electron chi connectivity index (χ0n) is 9.08. The highest BCUT2D eigenvalue weighted by Crippen LogP contribution is 2.38. The summed E-state index contributed by atoms with van der Waals surface area (Å²) in [5.74, 6) is 0. The molecule has 0 saturated heterocycles. The Bertz CT molecular complexity index is 492. The van der Waals surface area contributed by atoms with Crippen LogP contribution in [-0.2, 0) is 18.8 Å². The number of alkyl halides is 6. The van der Waals surface area contributed by atoms with Crippen molar-refractivity contribution in [2.45, 2.75) is 25.7 Å². The van der Waals surface area contributed by atoms with Gasteiger partial charge in [-0.25, -0.2) is 0 Å². The van der Waals surface area contributed by atoms with Crippen LogP contribution in [0.3, 0.4) is 0 Å². The molecule has 0 atom stereocenters. The molecular formula is C11H7F6N. The number of hydrogen-bond donors (Lipinski definition) is 0. The van der Waals surface area contributed by atoms with Crippen LogP contribution in [0.5, 0.6) is 0 Å². The minimum atomic E-state index is -4.92. The molecule has 1 aromatic rings. The molecule has 0 aromatic heterocycles. The minimum Gasteiger partial charge on any atom is -0.192 e. The van der Waals surface area contributed by atoms with Gasteiger partial charge in [0.15, 0.2) is 0 Å². The molecule has 0 fully saturated rings. The van der Waals surface area contributed by atoms with E-state index in [4.69, 9.17) is 5.26 Å². The Morgan fingerprint density at radius 1 is 1.06 bits per heavy atom. The third-order valence-electron chi connectivity index (χ3n) is 2.36. The first-order valence-corrected chi connectivity index (χ1v) is 4.82. The zero-order chi connectivity index (χ0) is 14.1. The summed E-state index contributed by atoms with van der Waals surface area (Å²) in [5.41, 5.74) is -3.89. The molecule has 0 bridgehead atoms. The Labute approximate surface area is 98.6 Å². The molecule has 1 nitrogen and oxygen atoms in total. The van der Waals surface area contributed by atoms with E-state index in [1.165, 1.54) is 13.0 Å². The third kappa shape index (κ3) is 2.75. The fourth-order valence-electron chi connectivity index (χ4n) is 1.57. The van der Waals surface area contributed by atoms with Gasteiger partial charge in [-0.05, 0) is 24.1 Å². The van der Waals surface area contributed by atoms with Gasteiger partial charge in [0.1, 0.15) is 0 Å². The second-order valence-corrected chi connectivity index (χ2v) is 3.51. The first kappa shape index (κ1) is 14.4. The largest absolute Gasteiger partial charge is 0.416 e. The summed E-state index contributed by atoms with van der Waals surface area (Å²) < 4.78 is 75.2. The van der Waals surface area contributed by atoms with Gasteiger partial charge >= 0.3 is 12.4 Å². The lowest BCUT2D eigenvalue weighted by Gasteiger charge is -2.16. The van der Waals surface area contributed by atoms with Gasteiger partial charge in [-0.3, -0.25) is 0 Å². The lowest BCUT2D eigenvalue weighted by Crippen LogP contribution is -2.14. The highest BCUT2D eigenvalue weighted by atomic mass is 19.4. The number of benzene rings is 1. The highest BCUT2D eigenvalue weighted by Gasteiger charge is 2.39. The van der Waals surface area contributed by atoms with Crippen molar-refractivity contribution >= 4 is 0 Å². The Balaban J connectivity index is 3.63. The Hall–Kier alpha value is -1.71. The van der Waals surface area contributed by atoms with Gasteiger partial charge in [0.05, 0.1) is 22.8 Å². The van der Waals surface area contributed by atoms with Crippen molar-refractivity contribution in [1.29, 1.82) is 5.26 Å². The van der Waals surface area contributed by atoms with Gasteiger partial charge in [0.2, 0.25) is 0 Å². The summed E-state index contributed by atoms with van der Waals surface area (Å²) in [5, 5.41) is 8.65. The molecule has 0 aliphatic heterocycles. The summed E-state index contributed by atoms with van der Waals surface area (Å²) in [6.45, 7) is 1.35. The Kier molecular flexibility index (Phi) is 3.60. The number of halogens is 6. The molecule has 0 amide bonds. The molecule has 0 N–H and O–H groups in total. The van der Waals surface area contributed by atoms with E-state index in [-0.39, 0.29) is 12.5 Å². The SMILES string of the molecule is CCc1c(C#N)cc(C(F)(F)F)cc1C(F)(F)F. The molecule has 7 heteroatoms. The average Bonchev–Trinajstić information content (AvgIpc) is 2.24.